The second-order valence-corrected chi connectivity index (χ2v) is 19.5. The molecule has 2 aromatic heterocycles. The molecule has 2 heterocycles. The molecule has 42 heavy (non-hydrogen) atoms. The fraction of sp³-hybridized carbons (Fsp3) is 0.759. The molecular weight excluding hydrogens is 589 g/mol. The lowest BCUT2D eigenvalue weighted by Gasteiger charge is -2.12. The largest absolute Gasteiger partial charge is 0.369 e. The fourth-order valence-electron chi connectivity index (χ4n) is 4.37. The third kappa shape index (κ3) is 16.9. The van der Waals surface area contributed by atoms with Gasteiger partial charge in [0.2, 0.25) is 5.95 Å². The second kappa shape index (κ2) is 20.4. The van der Waals surface area contributed by atoms with Gasteiger partial charge in [0.15, 0.2) is 11.2 Å². The molecule has 4 N–H and O–H groups in total. The maximum atomic E-state index is 12.2. The number of hydrogen-bond donors (Lipinski definition) is 3. The number of unbranched alkanes of at least 4 members (excludes halogenated alkanes) is 12. The van der Waals surface area contributed by atoms with Crippen molar-refractivity contribution >= 4 is 44.5 Å². The van der Waals surface area contributed by atoms with Gasteiger partial charge in [0.25, 0.3) is 5.56 Å². The molecule has 0 aliphatic carbocycles. The molecule has 2 aromatic rings. The Bertz CT molecular complexity index is 1210. The Kier molecular flexibility index (Phi) is 17.7. The van der Waals surface area contributed by atoms with Crippen LogP contribution in [0.5, 0.6) is 0 Å². The molecule has 0 saturated carbocycles. The normalized spacial score (nSPS) is 13.2. The lowest BCUT2D eigenvalue weighted by molar-refractivity contribution is 0.140. The van der Waals surface area contributed by atoms with E-state index in [-0.39, 0.29) is 24.7 Å². The van der Waals surface area contributed by atoms with E-state index in [2.05, 4.69) is 46.1 Å². The van der Waals surface area contributed by atoms with Crippen LogP contribution in [-0.2, 0) is 20.4 Å². The summed E-state index contributed by atoms with van der Waals surface area (Å²) in [5, 5.41) is 0. The van der Waals surface area contributed by atoms with Crippen molar-refractivity contribution < 1.29 is 18.7 Å². The fourth-order valence-corrected chi connectivity index (χ4v) is 6.77. The van der Waals surface area contributed by atoms with Crippen LogP contribution in [0.4, 0.5) is 5.95 Å². The van der Waals surface area contributed by atoms with E-state index in [9.17, 15) is 14.3 Å². The zero-order valence-corrected chi connectivity index (χ0v) is 28.6. The van der Waals surface area contributed by atoms with E-state index in [0.717, 1.165) is 12.2 Å². The molecule has 1 atom stereocenters. The van der Waals surface area contributed by atoms with Crippen LogP contribution in [0, 0.1) is 11.5 Å². The third-order valence-electron chi connectivity index (χ3n) is 6.55. The number of nitrogens with one attached hydrogen (secondary N) is 1. The Labute approximate surface area is 256 Å². The molecular formula is C29H52N5O5PSSi. The maximum Gasteiger partial charge on any atom is 0.353 e. The summed E-state index contributed by atoms with van der Waals surface area (Å²) >= 11 is 1.75. The molecule has 0 bridgehead atoms. The molecule has 13 heteroatoms. The molecule has 10 nitrogen and oxygen atoms in total. The monoisotopic (exact) mass is 641 g/mol. The van der Waals surface area contributed by atoms with Crippen molar-refractivity contribution in [2.75, 3.05) is 36.8 Å². The summed E-state index contributed by atoms with van der Waals surface area (Å²) in [6, 6.07) is 0. The van der Waals surface area contributed by atoms with Gasteiger partial charge in [-0.25, -0.2) is 4.98 Å². The second-order valence-electron chi connectivity index (χ2n) is 11.7. The predicted octanol–water partition coefficient (Wildman–Crippen LogP) is 6.56. The summed E-state index contributed by atoms with van der Waals surface area (Å²) in [6.45, 7) is 7.56. The van der Waals surface area contributed by atoms with Crippen LogP contribution < -0.4 is 11.3 Å². The Morgan fingerprint density at radius 3 is 2.26 bits per heavy atom. The number of nitrogens with zero attached hydrogens (tertiary/aromatic N) is 3. The lowest BCUT2D eigenvalue weighted by Crippen LogP contribution is -2.16. The van der Waals surface area contributed by atoms with Crippen LogP contribution in [0.3, 0.4) is 0 Å². The highest BCUT2D eigenvalue weighted by atomic mass is 32.2. The molecule has 0 saturated heterocycles. The molecule has 0 radical (unpaired) electrons. The van der Waals surface area contributed by atoms with E-state index < -0.39 is 27.6 Å². The molecule has 0 amide bonds. The van der Waals surface area contributed by atoms with Crippen LogP contribution in [0.1, 0.15) is 83.5 Å². The van der Waals surface area contributed by atoms with E-state index in [1.165, 1.54) is 83.4 Å². The summed E-state index contributed by atoms with van der Waals surface area (Å²) in [4.78, 5) is 32.3. The molecule has 2 rings (SSSR count). The number of aromatic nitrogens is 4. The van der Waals surface area contributed by atoms with Gasteiger partial charge < -0.3 is 24.5 Å². The summed E-state index contributed by atoms with van der Waals surface area (Å²) in [6.07, 6.45) is 17.9. The van der Waals surface area contributed by atoms with Gasteiger partial charge in [-0.1, -0.05) is 83.8 Å². The molecule has 0 aliphatic rings. The van der Waals surface area contributed by atoms with Crippen molar-refractivity contribution in [3.8, 4) is 11.5 Å². The highest BCUT2D eigenvalue weighted by Gasteiger charge is 2.19. The molecule has 0 aromatic carbocycles. The first kappa shape index (κ1) is 36.6. The number of aromatic amines is 1. The molecule has 0 aliphatic heterocycles. The lowest BCUT2D eigenvalue weighted by atomic mass is 10.0. The van der Waals surface area contributed by atoms with Gasteiger partial charge in [-0.15, -0.1) is 11.5 Å². The Balaban J connectivity index is 1.35. The number of anilines is 1. The Morgan fingerprint density at radius 1 is 1.00 bits per heavy atom. The van der Waals surface area contributed by atoms with Crippen molar-refractivity contribution in [2.45, 2.75) is 110 Å². The van der Waals surface area contributed by atoms with E-state index in [1.807, 2.05) is 0 Å². The Morgan fingerprint density at radius 2 is 1.62 bits per heavy atom. The van der Waals surface area contributed by atoms with Crippen LogP contribution in [0.25, 0.3) is 11.2 Å². The standard InChI is InChI=1S/C29H52N5O5PSSi/c1-42(2,3)23-17-15-13-11-9-7-5-4-6-8-10-12-14-16-21-41-22-20-39-40(36,37)25-38-19-18-34-24-31-26-27(34)32-29(30)33-28(26)35/h24H,4-16,18-22,25H2,1-3H3,(H,36,37)(H3,30,32,33,35). The van der Waals surface area contributed by atoms with Crippen molar-refractivity contribution in [3.63, 3.8) is 0 Å². The SMILES string of the molecule is C[Si](C)(C)C#CCCCCCCCCCCCCCCSCCOP(=O)(O)COCCn1cnc2c(=O)[nH]c(N)nc21. The number of hydrogen-bond acceptors (Lipinski definition) is 8. The Hall–Kier alpha value is -1.61. The van der Waals surface area contributed by atoms with Gasteiger partial charge in [-0.3, -0.25) is 14.3 Å². The summed E-state index contributed by atoms with van der Waals surface area (Å²) in [5.74, 6) is 5.09. The van der Waals surface area contributed by atoms with E-state index in [1.54, 1.807) is 16.3 Å². The summed E-state index contributed by atoms with van der Waals surface area (Å²) < 4.78 is 24.3. The highest BCUT2D eigenvalue weighted by molar-refractivity contribution is 7.99. The number of ether oxygens (including phenoxy) is 1. The van der Waals surface area contributed by atoms with Crippen LogP contribution in [0.2, 0.25) is 19.6 Å². The van der Waals surface area contributed by atoms with E-state index in [0.29, 0.717) is 17.9 Å². The van der Waals surface area contributed by atoms with E-state index >= 15 is 0 Å². The van der Waals surface area contributed by atoms with Gasteiger partial charge >= 0.3 is 7.60 Å². The van der Waals surface area contributed by atoms with Gasteiger partial charge in [-0.05, 0) is 18.6 Å². The van der Waals surface area contributed by atoms with Crippen molar-refractivity contribution in [2.24, 2.45) is 0 Å². The number of thioether (sulfide) groups is 1. The first-order chi connectivity index (χ1) is 20.1. The van der Waals surface area contributed by atoms with Gasteiger partial charge in [-0.2, -0.15) is 16.7 Å². The molecule has 0 fully saturated rings. The number of fused-ring (bicyclic) bond motifs is 1. The average Bonchev–Trinajstić information content (AvgIpc) is 3.32. The summed E-state index contributed by atoms with van der Waals surface area (Å²) in [5.41, 5.74) is 9.13. The first-order valence-electron chi connectivity index (χ1n) is 15.4. The highest BCUT2D eigenvalue weighted by Crippen LogP contribution is 2.41. The van der Waals surface area contributed by atoms with E-state index in [4.69, 9.17) is 15.0 Å². The maximum absolute atomic E-state index is 12.2. The molecule has 0 spiro atoms. The quantitative estimate of drug-likeness (QED) is 0.0531. The topological polar surface area (TPSA) is 145 Å². The number of rotatable bonds is 23. The van der Waals surface area contributed by atoms with Crippen LogP contribution in [-0.4, -0.2) is 63.6 Å². The third-order valence-corrected chi connectivity index (χ3v) is 9.60. The number of nitrogen functional groups attached to an aromatic ring is 1. The number of H-pyrrole nitrogens is 1. The minimum absolute atomic E-state index is 0.00124. The van der Waals surface area contributed by atoms with Crippen molar-refractivity contribution in [1.82, 2.24) is 19.5 Å². The van der Waals surface area contributed by atoms with Gasteiger partial charge in [0.1, 0.15) is 14.4 Å². The zero-order chi connectivity index (χ0) is 30.7. The number of imidazole rings is 1. The predicted molar refractivity (Wildman–Crippen MR) is 178 cm³/mol. The van der Waals surface area contributed by atoms with Gasteiger partial charge in [0, 0.05) is 18.7 Å². The smallest absolute Gasteiger partial charge is 0.353 e. The van der Waals surface area contributed by atoms with Gasteiger partial charge in [0.05, 0.1) is 19.5 Å². The van der Waals surface area contributed by atoms with Crippen molar-refractivity contribution in [1.29, 1.82) is 0 Å². The van der Waals surface area contributed by atoms with Crippen molar-refractivity contribution in [3.05, 3.63) is 16.7 Å². The van der Waals surface area contributed by atoms with Crippen LogP contribution >= 0.6 is 19.4 Å². The summed E-state index contributed by atoms with van der Waals surface area (Å²) in [7, 11) is -5.01. The van der Waals surface area contributed by atoms with Crippen LogP contribution in [0.15, 0.2) is 11.1 Å². The average molecular weight is 642 g/mol. The molecule has 1 unspecified atom stereocenters. The zero-order valence-electron chi connectivity index (χ0n) is 25.9. The number of nitrogens with two attached hydrogens (primary N) is 1. The minimum Gasteiger partial charge on any atom is -0.369 e. The minimum atomic E-state index is -3.82. The first-order valence-corrected chi connectivity index (χ1v) is 21.8. The molecule has 238 valence electrons.